The SMILES string of the molecule is c1ccc(C2CC2Nc2nnc(CNC3CC3)o2)cc1. The number of anilines is 1. The van der Waals surface area contributed by atoms with Crippen LogP contribution in [0.3, 0.4) is 0 Å². The van der Waals surface area contributed by atoms with Crippen molar-refractivity contribution in [1.29, 1.82) is 0 Å². The van der Waals surface area contributed by atoms with E-state index < -0.39 is 0 Å². The molecule has 20 heavy (non-hydrogen) atoms. The van der Waals surface area contributed by atoms with Crippen molar-refractivity contribution in [2.24, 2.45) is 0 Å². The second-order valence-corrected chi connectivity index (χ2v) is 5.66. The van der Waals surface area contributed by atoms with Gasteiger partial charge in [0, 0.05) is 18.0 Å². The van der Waals surface area contributed by atoms with Gasteiger partial charge in [-0.1, -0.05) is 35.4 Å². The molecule has 0 aliphatic heterocycles. The zero-order valence-electron chi connectivity index (χ0n) is 11.2. The monoisotopic (exact) mass is 270 g/mol. The molecular weight excluding hydrogens is 252 g/mol. The summed E-state index contributed by atoms with van der Waals surface area (Å²) in [5.41, 5.74) is 1.38. The van der Waals surface area contributed by atoms with E-state index in [2.05, 4.69) is 45.1 Å². The average molecular weight is 270 g/mol. The maximum absolute atomic E-state index is 5.60. The van der Waals surface area contributed by atoms with Gasteiger partial charge in [-0.25, -0.2) is 0 Å². The van der Waals surface area contributed by atoms with Gasteiger partial charge in [0.1, 0.15) is 0 Å². The third-order valence-electron chi connectivity index (χ3n) is 3.91. The quantitative estimate of drug-likeness (QED) is 0.843. The van der Waals surface area contributed by atoms with Crippen molar-refractivity contribution >= 4 is 6.01 Å². The molecule has 2 atom stereocenters. The van der Waals surface area contributed by atoms with E-state index in [-0.39, 0.29) is 0 Å². The maximum Gasteiger partial charge on any atom is 0.315 e. The first kappa shape index (κ1) is 11.9. The molecule has 2 unspecified atom stereocenters. The van der Waals surface area contributed by atoms with Crippen LogP contribution in [-0.4, -0.2) is 22.3 Å². The molecule has 0 saturated heterocycles. The third-order valence-corrected chi connectivity index (χ3v) is 3.91. The summed E-state index contributed by atoms with van der Waals surface area (Å²) < 4.78 is 5.60. The molecule has 1 aromatic heterocycles. The molecule has 0 amide bonds. The predicted molar refractivity (Wildman–Crippen MR) is 75.4 cm³/mol. The van der Waals surface area contributed by atoms with Crippen LogP contribution in [0.15, 0.2) is 34.7 Å². The second kappa shape index (κ2) is 4.90. The van der Waals surface area contributed by atoms with Crippen LogP contribution in [0.1, 0.15) is 36.6 Å². The van der Waals surface area contributed by atoms with Gasteiger partial charge >= 0.3 is 6.01 Å². The summed E-state index contributed by atoms with van der Waals surface area (Å²) in [4.78, 5) is 0. The Balaban J connectivity index is 1.31. The van der Waals surface area contributed by atoms with Crippen molar-refractivity contribution in [3.8, 4) is 0 Å². The van der Waals surface area contributed by atoms with Gasteiger partial charge in [0.05, 0.1) is 6.54 Å². The lowest BCUT2D eigenvalue weighted by molar-refractivity contribution is 0.475. The molecule has 104 valence electrons. The molecule has 2 aliphatic carbocycles. The first-order valence-corrected chi connectivity index (χ1v) is 7.26. The fourth-order valence-electron chi connectivity index (χ4n) is 2.48. The van der Waals surface area contributed by atoms with Crippen LogP contribution >= 0.6 is 0 Å². The Labute approximate surface area is 117 Å². The average Bonchev–Trinajstić information content (AvgIpc) is 3.39. The summed E-state index contributed by atoms with van der Waals surface area (Å²) in [5, 5.41) is 14.8. The van der Waals surface area contributed by atoms with E-state index in [1.807, 2.05) is 6.07 Å². The lowest BCUT2D eigenvalue weighted by Crippen LogP contribution is -2.15. The van der Waals surface area contributed by atoms with Gasteiger partial charge in [-0.05, 0) is 24.8 Å². The predicted octanol–water partition coefficient (Wildman–Crippen LogP) is 2.29. The molecule has 4 rings (SSSR count). The van der Waals surface area contributed by atoms with Crippen LogP contribution in [0.5, 0.6) is 0 Å². The topological polar surface area (TPSA) is 63.0 Å². The van der Waals surface area contributed by atoms with Gasteiger partial charge in [-0.15, -0.1) is 5.10 Å². The van der Waals surface area contributed by atoms with Gasteiger partial charge in [-0.3, -0.25) is 0 Å². The molecule has 2 aliphatic rings. The number of hydrogen-bond acceptors (Lipinski definition) is 5. The highest BCUT2D eigenvalue weighted by atomic mass is 16.4. The third kappa shape index (κ3) is 2.67. The lowest BCUT2D eigenvalue weighted by atomic mass is 10.1. The van der Waals surface area contributed by atoms with Crippen molar-refractivity contribution in [3.05, 3.63) is 41.8 Å². The molecule has 0 radical (unpaired) electrons. The van der Waals surface area contributed by atoms with Crippen LogP contribution in [0, 0.1) is 0 Å². The van der Waals surface area contributed by atoms with E-state index >= 15 is 0 Å². The summed E-state index contributed by atoms with van der Waals surface area (Å²) in [5.74, 6) is 1.23. The minimum Gasteiger partial charge on any atom is -0.407 e. The largest absolute Gasteiger partial charge is 0.407 e. The summed E-state index contributed by atoms with van der Waals surface area (Å²) in [6, 6.07) is 12.2. The van der Waals surface area contributed by atoms with Crippen LogP contribution in [0.25, 0.3) is 0 Å². The van der Waals surface area contributed by atoms with E-state index in [4.69, 9.17) is 4.42 Å². The van der Waals surface area contributed by atoms with Gasteiger partial charge in [0.2, 0.25) is 5.89 Å². The minimum absolute atomic E-state index is 0.419. The smallest absolute Gasteiger partial charge is 0.315 e. The van der Waals surface area contributed by atoms with Crippen LogP contribution in [0.4, 0.5) is 6.01 Å². The van der Waals surface area contributed by atoms with E-state index in [1.54, 1.807) is 0 Å². The Morgan fingerprint density at radius 1 is 1.15 bits per heavy atom. The summed E-state index contributed by atoms with van der Waals surface area (Å²) in [7, 11) is 0. The highest BCUT2D eigenvalue weighted by Crippen LogP contribution is 2.42. The first-order chi connectivity index (χ1) is 9.88. The second-order valence-electron chi connectivity index (χ2n) is 5.66. The van der Waals surface area contributed by atoms with Crippen LogP contribution in [0.2, 0.25) is 0 Å². The molecule has 2 aromatic rings. The van der Waals surface area contributed by atoms with Crippen molar-refractivity contribution < 1.29 is 4.42 Å². The number of nitrogens with one attached hydrogen (secondary N) is 2. The number of rotatable bonds is 6. The van der Waals surface area contributed by atoms with Crippen molar-refractivity contribution in [3.63, 3.8) is 0 Å². The lowest BCUT2D eigenvalue weighted by Gasteiger charge is -2.00. The molecule has 1 heterocycles. The Morgan fingerprint density at radius 3 is 2.80 bits per heavy atom. The number of nitrogens with zero attached hydrogens (tertiary/aromatic N) is 2. The molecule has 0 spiro atoms. The Kier molecular flexibility index (Phi) is 2.92. The van der Waals surface area contributed by atoms with E-state index in [0.717, 1.165) is 6.42 Å². The Hall–Kier alpha value is -1.88. The Bertz CT molecular complexity index is 579. The number of benzene rings is 1. The zero-order valence-corrected chi connectivity index (χ0v) is 11.2. The number of hydrogen-bond donors (Lipinski definition) is 2. The molecule has 2 N–H and O–H groups in total. The first-order valence-electron chi connectivity index (χ1n) is 7.26. The normalized spacial score (nSPS) is 24.6. The maximum atomic E-state index is 5.60. The zero-order chi connectivity index (χ0) is 13.4. The van der Waals surface area contributed by atoms with Gasteiger partial charge in [0.15, 0.2) is 0 Å². The fourth-order valence-corrected chi connectivity index (χ4v) is 2.48. The molecule has 0 bridgehead atoms. The fraction of sp³-hybridized carbons (Fsp3) is 0.467. The minimum atomic E-state index is 0.419. The van der Waals surface area contributed by atoms with Crippen molar-refractivity contribution in [2.75, 3.05) is 5.32 Å². The van der Waals surface area contributed by atoms with Gasteiger partial charge < -0.3 is 15.1 Å². The summed E-state index contributed by atoms with van der Waals surface area (Å²) in [6.07, 6.45) is 3.65. The van der Waals surface area contributed by atoms with Crippen LogP contribution < -0.4 is 10.6 Å². The highest BCUT2D eigenvalue weighted by Gasteiger charge is 2.39. The van der Waals surface area contributed by atoms with E-state index in [1.165, 1.54) is 18.4 Å². The summed E-state index contributed by atoms with van der Waals surface area (Å²) in [6.45, 7) is 0.673. The van der Waals surface area contributed by atoms with E-state index in [0.29, 0.717) is 36.5 Å². The van der Waals surface area contributed by atoms with E-state index in [9.17, 15) is 0 Å². The van der Waals surface area contributed by atoms with Gasteiger partial charge in [0.25, 0.3) is 0 Å². The van der Waals surface area contributed by atoms with Crippen LogP contribution in [-0.2, 0) is 6.54 Å². The molecule has 2 saturated carbocycles. The van der Waals surface area contributed by atoms with Gasteiger partial charge in [-0.2, -0.15) is 0 Å². The molecular formula is C15H18N4O. The number of aromatic nitrogens is 2. The molecule has 5 nitrogen and oxygen atoms in total. The van der Waals surface area contributed by atoms with Crippen molar-refractivity contribution in [1.82, 2.24) is 15.5 Å². The van der Waals surface area contributed by atoms with Crippen molar-refractivity contribution in [2.45, 2.75) is 43.8 Å². The summed E-state index contributed by atoms with van der Waals surface area (Å²) >= 11 is 0. The molecule has 1 aromatic carbocycles. The molecule has 5 heteroatoms. The highest BCUT2D eigenvalue weighted by molar-refractivity contribution is 5.35. The molecule has 2 fully saturated rings. The standard InChI is InChI=1S/C15H18N4O/c1-2-4-10(5-3-1)12-8-13(12)17-15-19-18-14(20-15)9-16-11-6-7-11/h1-5,11-13,16H,6-9H2,(H,17,19). The Morgan fingerprint density at radius 2 is 2.00 bits per heavy atom.